The maximum Gasteiger partial charge on any atom is 0.325 e. The fourth-order valence-corrected chi connectivity index (χ4v) is 7.16. The molecule has 0 aromatic heterocycles. The fraction of sp³-hybridized carbons (Fsp3) is 0.355. The van der Waals surface area contributed by atoms with E-state index < -0.39 is 34.4 Å². The van der Waals surface area contributed by atoms with E-state index in [9.17, 15) is 24.0 Å². The Labute approximate surface area is 231 Å². The van der Waals surface area contributed by atoms with Gasteiger partial charge < -0.3 is 15.1 Å². The summed E-state index contributed by atoms with van der Waals surface area (Å²) in [5, 5.41) is 20.0. The molecule has 7 nitrogen and oxygen atoms in total. The minimum absolute atomic E-state index is 0.258. The van der Waals surface area contributed by atoms with Crippen molar-refractivity contribution in [2.75, 3.05) is 26.2 Å². The van der Waals surface area contributed by atoms with E-state index in [-0.39, 0.29) is 12.5 Å². The number of aliphatic carboxylic acids is 2. The zero-order valence-electron chi connectivity index (χ0n) is 22.0. The number of carboxylic acid groups (broad SMARTS) is 2. The van der Waals surface area contributed by atoms with E-state index in [0.717, 1.165) is 29.7 Å². The summed E-state index contributed by atoms with van der Waals surface area (Å²) in [7, 11) is -1.72. The van der Waals surface area contributed by atoms with Crippen LogP contribution in [0.25, 0.3) is 11.1 Å². The first-order chi connectivity index (χ1) is 18.8. The molecule has 39 heavy (non-hydrogen) atoms. The second kappa shape index (κ2) is 11.4. The number of hydrogen-bond acceptors (Lipinski definition) is 4. The van der Waals surface area contributed by atoms with Crippen LogP contribution < -0.4 is 0 Å². The Balaban J connectivity index is 1.42. The van der Waals surface area contributed by atoms with Gasteiger partial charge in [0.1, 0.15) is 16.5 Å². The predicted octanol–water partition coefficient (Wildman–Crippen LogP) is 4.79. The number of nitrogens with zero attached hydrogens (tertiary/aromatic N) is 2. The summed E-state index contributed by atoms with van der Waals surface area (Å²) in [5.41, 5.74) is 2.86. The molecular weight excluding hydrogens is 512 g/mol. The Kier molecular flexibility index (Phi) is 7.98. The predicted molar refractivity (Wildman–Crippen MR) is 151 cm³/mol. The molecule has 2 N–H and O–H groups in total. The molecule has 4 atom stereocenters. The highest BCUT2D eigenvalue weighted by Gasteiger charge is 2.66. The van der Waals surface area contributed by atoms with Gasteiger partial charge in [-0.3, -0.25) is 9.59 Å². The minimum atomic E-state index is -1.72. The molecule has 3 aromatic carbocycles. The molecule has 8 heteroatoms. The van der Waals surface area contributed by atoms with E-state index in [1.807, 2.05) is 85.8 Å². The van der Waals surface area contributed by atoms with E-state index >= 15 is 0 Å². The molecule has 1 heterocycles. The number of carbonyl (C=O) groups is 2. The molecule has 204 valence electrons. The lowest BCUT2D eigenvalue weighted by molar-refractivity contribution is -0.143. The smallest absolute Gasteiger partial charge is 0.325 e. The summed E-state index contributed by atoms with van der Waals surface area (Å²) in [6.45, 7) is 3.91. The van der Waals surface area contributed by atoms with Crippen LogP contribution in [0.5, 0.6) is 0 Å². The zero-order chi connectivity index (χ0) is 27.6. The van der Waals surface area contributed by atoms with Crippen molar-refractivity contribution in [1.29, 1.82) is 0 Å². The molecule has 2 aliphatic rings. The van der Waals surface area contributed by atoms with Crippen LogP contribution in [0.15, 0.2) is 83.8 Å². The van der Waals surface area contributed by atoms with Crippen molar-refractivity contribution in [3.63, 3.8) is 0 Å². The third-order valence-electron chi connectivity index (χ3n) is 8.06. The van der Waals surface area contributed by atoms with Crippen LogP contribution in [-0.2, 0) is 20.6 Å². The molecule has 2 fully saturated rings. The Morgan fingerprint density at radius 1 is 0.974 bits per heavy atom. The Morgan fingerprint density at radius 3 is 2.23 bits per heavy atom. The molecule has 0 radical (unpaired) electrons. The average Bonchev–Trinajstić information content (AvgIpc) is 3.71. The van der Waals surface area contributed by atoms with Crippen LogP contribution in [0.2, 0.25) is 0 Å². The molecular formula is C31H34N2O5S. The van der Waals surface area contributed by atoms with Crippen LogP contribution in [0.1, 0.15) is 36.3 Å². The normalized spacial score (nSPS) is 23.8. The first-order valence-corrected chi connectivity index (χ1v) is 14.5. The average molecular weight is 547 g/mol. The van der Waals surface area contributed by atoms with E-state index in [0.29, 0.717) is 30.8 Å². The third kappa shape index (κ3) is 5.69. The monoisotopic (exact) mass is 546 g/mol. The van der Waals surface area contributed by atoms with Crippen molar-refractivity contribution in [1.82, 2.24) is 9.21 Å². The van der Waals surface area contributed by atoms with Crippen molar-refractivity contribution < 1.29 is 24.0 Å². The maximum atomic E-state index is 14.1. The standard InChI is InChI=1S/C31H34N2O5S/c1-22-9-11-23(12-10-22)24-13-15-27(16-14-24)39(38)33(19-18-32-17-5-8-26(21-32)29(34)35)31(30(36)37)20-28(31)25-6-3-2-4-7-25/h2-4,6-7,9-16,26,28H,5,8,17-21H2,1H3,(H,34,35)(H,36,37). The SMILES string of the molecule is Cc1ccc(-c2ccc(S(=O)N(CCN3CCCC(C(=O)O)C3)C3(C(=O)O)CC3c3ccccc3)cc2)cc1. The summed E-state index contributed by atoms with van der Waals surface area (Å²) in [5.74, 6) is -2.50. The van der Waals surface area contributed by atoms with Gasteiger partial charge in [0.05, 0.1) is 10.8 Å². The summed E-state index contributed by atoms with van der Waals surface area (Å²) < 4.78 is 15.7. The second-order valence-corrected chi connectivity index (χ2v) is 12.0. The van der Waals surface area contributed by atoms with Gasteiger partial charge in [-0.15, -0.1) is 0 Å². The molecule has 1 aliphatic carbocycles. The van der Waals surface area contributed by atoms with Gasteiger partial charge >= 0.3 is 11.9 Å². The fourth-order valence-electron chi connectivity index (χ4n) is 5.71. The van der Waals surface area contributed by atoms with Gasteiger partial charge in [-0.1, -0.05) is 72.3 Å². The van der Waals surface area contributed by atoms with Crippen LogP contribution in [0, 0.1) is 12.8 Å². The number of carboxylic acids is 2. The van der Waals surface area contributed by atoms with Crippen molar-refractivity contribution in [3.8, 4) is 11.1 Å². The summed E-state index contributed by atoms with van der Waals surface area (Å²) >= 11 is 0. The van der Waals surface area contributed by atoms with E-state index in [2.05, 4.69) is 4.90 Å². The lowest BCUT2D eigenvalue weighted by Gasteiger charge is -2.34. The number of benzene rings is 3. The largest absolute Gasteiger partial charge is 0.481 e. The van der Waals surface area contributed by atoms with Crippen LogP contribution in [0.3, 0.4) is 0 Å². The van der Waals surface area contributed by atoms with Gasteiger partial charge in [0.2, 0.25) is 0 Å². The highest BCUT2D eigenvalue weighted by atomic mass is 32.2. The van der Waals surface area contributed by atoms with Gasteiger partial charge in [-0.2, -0.15) is 0 Å². The lowest BCUT2D eigenvalue weighted by atomic mass is 9.98. The Hall–Kier alpha value is -3.33. The summed E-state index contributed by atoms with van der Waals surface area (Å²) in [6, 6.07) is 25.2. The van der Waals surface area contributed by atoms with E-state index in [1.54, 1.807) is 4.31 Å². The van der Waals surface area contributed by atoms with Crippen molar-refractivity contribution in [3.05, 3.63) is 90.0 Å². The maximum absolute atomic E-state index is 14.1. The highest BCUT2D eigenvalue weighted by Crippen LogP contribution is 2.56. The van der Waals surface area contributed by atoms with Crippen LogP contribution in [-0.4, -0.2) is 67.3 Å². The van der Waals surface area contributed by atoms with Crippen LogP contribution in [0.4, 0.5) is 0 Å². The van der Waals surface area contributed by atoms with Gasteiger partial charge in [0.15, 0.2) is 0 Å². The van der Waals surface area contributed by atoms with Crippen molar-refractivity contribution in [2.45, 2.75) is 42.5 Å². The van der Waals surface area contributed by atoms with E-state index in [4.69, 9.17) is 0 Å². The number of hydrogen-bond donors (Lipinski definition) is 2. The number of likely N-dealkylation sites (tertiary alicyclic amines) is 1. The molecule has 1 saturated heterocycles. The van der Waals surface area contributed by atoms with Crippen LogP contribution >= 0.6 is 0 Å². The lowest BCUT2D eigenvalue weighted by Crippen LogP contribution is -2.50. The van der Waals surface area contributed by atoms with Gasteiger partial charge in [-0.25, -0.2) is 8.51 Å². The van der Waals surface area contributed by atoms with Gasteiger partial charge in [0.25, 0.3) is 0 Å². The van der Waals surface area contributed by atoms with E-state index in [1.165, 1.54) is 5.56 Å². The summed E-state index contributed by atoms with van der Waals surface area (Å²) in [6.07, 6.45) is 1.79. The third-order valence-corrected chi connectivity index (χ3v) is 9.65. The van der Waals surface area contributed by atoms with Crippen molar-refractivity contribution in [2.24, 2.45) is 5.92 Å². The highest BCUT2D eigenvalue weighted by molar-refractivity contribution is 7.82. The first kappa shape index (κ1) is 27.2. The molecule has 0 spiro atoms. The van der Waals surface area contributed by atoms with Gasteiger partial charge in [0, 0.05) is 25.6 Å². The topological polar surface area (TPSA) is 98.2 Å². The molecule has 3 aromatic rings. The molecule has 0 amide bonds. The molecule has 4 unspecified atom stereocenters. The summed E-state index contributed by atoms with van der Waals surface area (Å²) in [4.78, 5) is 27.0. The first-order valence-electron chi connectivity index (χ1n) is 13.4. The molecule has 1 aliphatic heterocycles. The number of rotatable bonds is 10. The molecule has 5 rings (SSSR count). The Morgan fingerprint density at radius 2 is 1.62 bits per heavy atom. The number of piperidine rings is 1. The van der Waals surface area contributed by atoms with Gasteiger partial charge in [-0.05, 0) is 61.6 Å². The molecule has 0 bridgehead atoms. The van der Waals surface area contributed by atoms with Crippen molar-refractivity contribution >= 4 is 22.9 Å². The zero-order valence-corrected chi connectivity index (χ0v) is 22.8. The molecule has 1 saturated carbocycles. The number of aryl methyl sites for hydroxylation is 1. The Bertz CT molecular complexity index is 1350. The minimum Gasteiger partial charge on any atom is -0.481 e. The quantitative estimate of drug-likeness (QED) is 0.379. The second-order valence-electron chi connectivity index (χ2n) is 10.6.